The van der Waals surface area contributed by atoms with Gasteiger partial charge in [-0.15, -0.1) is 0 Å². The third-order valence-electron chi connectivity index (χ3n) is 5.67. The Morgan fingerprint density at radius 2 is 1.82 bits per heavy atom. The van der Waals surface area contributed by atoms with Crippen molar-refractivity contribution in [3.63, 3.8) is 0 Å². The molecule has 11 nitrogen and oxygen atoms in total. The zero-order valence-corrected chi connectivity index (χ0v) is 17.9. The molecule has 0 bridgehead atoms. The summed E-state index contributed by atoms with van der Waals surface area (Å²) in [6, 6.07) is 6.97. The van der Waals surface area contributed by atoms with Crippen LogP contribution in [0.1, 0.15) is 23.2 Å². The monoisotopic (exact) mass is 451 g/mol. The van der Waals surface area contributed by atoms with Gasteiger partial charge in [-0.05, 0) is 25.0 Å². The van der Waals surface area contributed by atoms with Gasteiger partial charge in [-0.2, -0.15) is 0 Å². The first kappa shape index (κ1) is 22.2. The molecule has 5 amide bonds. The Hall–Kier alpha value is -4.02. The zero-order chi connectivity index (χ0) is 23.2. The van der Waals surface area contributed by atoms with Crippen LogP contribution in [0.25, 0.3) is 0 Å². The molecule has 0 unspecified atom stereocenters. The molecular formula is C22H25N7O4. The number of carbonyl (C=O) groups is 4. The summed E-state index contributed by atoms with van der Waals surface area (Å²) in [4.78, 5) is 61.9. The number of rotatable bonds is 4. The highest BCUT2D eigenvalue weighted by Crippen LogP contribution is 2.17. The maximum atomic E-state index is 13.2. The number of piperazine rings is 1. The molecule has 3 N–H and O–H groups in total. The molecular weight excluding hydrogens is 426 g/mol. The summed E-state index contributed by atoms with van der Waals surface area (Å²) in [6.45, 7) is 0.940. The largest absolute Gasteiger partial charge is 0.354 e. The molecule has 2 saturated heterocycles. The van der Waals surface area contributed by atoms with Crippen molar-refractivity contribution in [1.29, 1.82) is 0 Å². The molecule has 2 fully saturated rings. The van der Waals surface area contributed by atoms with E-state index < -0.39 is 23.9 Å². The van der Waals surface area contributed by atoms with E-state index in [1.54, 1.807) is 24.3 Å². The normalized spacial score (nSPS) is 20.5. The maximum absolute atomic E-state index is 13.2. The van der Waals surface area contributed by atoms with Crippen LogP contribution in [0.2, 0.25) is 0 Å². The first-order valence-electron chi connectivity index (χ1n) is 10.8. The number of carbonyl (C=O) groups excluding carboxylic acids is 4. The third kappa shape index (κ3) is 5.25. The second-order valence-corrected chi connectivity index (χ2v) is 7.88. The van der Waals surface area contributed by atoms with Crippen molar-refractivity contribution >= 4 is 29.4 Å². The number of urea groups is 1. The van der Waals surface area contributed by atoms with E-state index in [2.05, 4.69) is 25.9 Å². The van der Waals surface area contributed by atoms with E-state index in [1.165, 1.54) is 28.5 Å². The quantitative estimate of drug-likeness (QED) is 0.609. The van der Waals surface area contributed by atoms with Gasteiger partial charge in [0.05, 0.1) is 12.1 Å². The minimum atomic E-state index is -0.970. The van der Waals surface area contributed by atoms with Crippen LogP contribution in [0, 0.1) is 0 Å². The van der Waals surface area contributed by atoms with Gasteiger partial charge >= 0.3 is 6.03 Å². The number of hydrogen-bond donors (Lipinski definition) is 3. The van der Waals surface area contributed by atoms with E-state index in [0.29, 0.717) is 18.7 Å². The summed E-state index contributed by atoms with van der Waals surface area (Å²) in [6.07, 6.45) is 5.34. The molecule has 0 saturated carbocycles. The van der Waals surface area contributed by atoms with E-state index in [-0.39, 0.29) is 37.1 Å². The van der Waals surface area contributed by atoms with Gasteiger partial charge in [0.15, 0.2) is 0 Å². The molecule has 172 valence electrons. The standard InChI is InChI=1S/C22H25N7O4/c30-19-17(7-4-8-25-19)27-20(31)18-13-28(22(33)26-16-5-2-1-3-6-16)9-10-29(18)21(32)15-11-23-14-24-12-15/h1-3,5-6,11-12,14,17-18H,4,7-10,13H2,(H,25,30)(H,26,33)(H,27,31)/t17-,18+/m0/s1. The topological polar surface area (TPSA) is 137 Å². The lowest BCUT2D eigenvalue weighted by molar-refractivity contribution is -0.133. The Kier molecular flexibility index (Phi) is 6.77. The van der Waals surface area contributed by atoms with Crippen molar-refractivity contribution in [2.45, 2.75) is 24.9 Å². The summed E-state index contributed by atoms with van der Waals surface area (Å²) in [7, 11) is 0. The van der Waals surface area contributed by atoms with E-state index >= 15 is 0 Å². The molecule has 11 heteroatoms. The van der Waals surface area contributed by atoms with Crippen molar-refractivity contribution < 1.29 is 19.2 Å². The van der Waals surface area contributed by atoms with Crippen LogP contribution in [0.3, 0.4) is 0 Å². The summed E-state index contributed by atoms with van der Waals surface area (Å²) in [5.41, 5.74) is 0.871. The Bertz CT molecular complexity index is 1020. The molecule has 2 aliphatic heterocycles. The average molecular weight is 451 g/mol. The molecule has 3 heterocycles. The number of benzene rings is 1. The Balaban J connectivity index is 1.51. The van der Waals surface area contributed by atoms with Gasteiger partial charge in [0.1, 0.15) is 18.4 Å². The minimum absolute atomic E-state index is 0.0156. The molecule has 4 rings (SSSR count). The highest BCUT2D eigenvalue weighted by Gasteiger charge is 2.39. The highest BCUT2D eigenvalue weighted by atomic mass is 16.2. The molecule has 2 atom stereocenters. The summed E-state index contributed by atoms with van der Waals surface area (Å²) in [5.74, 6) is -1.15. The predicted molar refractivity (Wildman–Crippen MR) is 118 cm³/mol. The van der Waals surface area contributed by atoms with Crippen LogP contribution in [0.5, 0.6) is 0 Å². The highest BCUT2D eigenvalue weighted by molar-refractivity contribution is 5.99. The number of amides is 5. The van der Waals surface area contributed by atoms with Crippen LogP contribution >= 0.6 is 0 Å². The van der Waals surface area contributed by atoms with Crippen molar-refractivity contribution in [3.05, 3.63) is 54.6 Å². The third-order valence-corrected chi connectivity index (χ3v) is 5.67. The van der Waals surface area contributed by atoms with Crippen LogP contribution in [0.4, 0.5) is 10.5 Å². The van der Waals surface area contributed by atoms with Crippen LogP contribution in [0.15, 0.2) is 49.1 Å². The first-order chi connectivity index (χ1) is 16.0. The maximum Gasteiger partial charge on any atom is 0.321 e. The second-order valence-electron chi connectivity index (χ2n) is 7.88. The summed E-state index contributed by atoms with van der Waals surface area (Å²) < 4.78 is 0. The molecule has 1 aromatic carbocycles. The molecule has 2 aliphatic rings. The fraction of sp³-hybridized carbons (Fsp3) is 0.364. The van der Waals surface area contributed by atoms with E-state index in [1.807, 2.05) is 6.07 Å². The van der Waals surface area contributed by atoms with Gasteiger partial charge in [0, 0.05) is 37.7 Å². The van der Waals surface area contributed by atoms with Crippen LogP contribution < -0.4 is 16.0 Å². The minimum Gasteiger partial charge on any atom is -0.354 e. The van der Waals surface area contributed by atoms with Crippen LogP contribution in [-0.4, -0.2) is 81.8 Å². The van der Waals surface area contributed by atoms with E-state index in [0.717, 1.165) is 6.42 Å². The van der Waals surface area contributed by atoms with Crippen molar-refractivity contribution in [2.75, 3.05) is 31.5 Å². The predicted octanol–water partition coefficient (Wildman–Crippen LogP) is 0.230. The lowest BCUT2D eigenvalue weighted by Crippen LogP contribution is -2.64. The van der Waals surface area contributed by atoms with Gasteiger partial charge in [0.25, 0.3) is 5.91 Å². The molecule has 1 aromatic heterocycles. The van der Waals surface area contributed by atoms with E-state index in [4.69, 9.17) is 0 Å². The number of anilines is 1. The van der Waals surface area contributed by atoms with Crippen LogP contribution in [-0.2, 0) is 9.59 Å². The molecule has 0 spiro atoms. The number of nitrogens with one attached hydrogen (secondary N) is 3. The van der Waals surface area contributed by atoms with Crippen molar-refractivity contribution in [2.24, 2.45) is 0 Å². The van der Waals surface area contributed by atoms with Gasteiger partial charge < -0.3 is 25.8 Å². The lowest BCUT2D eigenvalue weighted by atomic mass is 10.0. The number of piperidine rings is 1. The number of aromatic nitrogens is 2. The second kappa shape index (κ2) is 10.1. The number of nitrogens with zero attached hydrogens (tertiary/aromatic N) is 4. The van der Waals surface area contributed by atoms with Gasteiger partial charge in [-0.1, -0.05) is 18.2 Å². The zero-order valence-electron chi connectivity index (χ0n) is 17.9. The Morgan fingerprint density at radius 1 is 1.06 bits per heavy atom. The van der Waals surface area contributed by atoms with Crippen molar-refractivity contribution in [3.8, 4) is 0 Å². The first-order valence-corrected chi connectivity index (χ1v) is 10.8. The Morgan fingerprint density at radius 3 is 2.55 bits per heavy atom. The van der Waals surface area contributed by atoms with Crippen molar-refractivity contribution in [1.82, 2.24) is 30.4 Å². The smallest absolute Gasteiger partial charge is 0.321 e. The average Bonchev–Trinajstić information content (AvgIpc) is 2.85. The number of hydrogen-bond acceptors (Lipinski definition) is 6. The summed E-state index contributed by atoms with van der Waals surface area (Å²) in [5, 5.41) is 8.28. The fourth-order valence-electron chi connectivity index (χ4n) is 3.91. The SMILES string of the molecule is O=C1NCCC[C@@H]1NC(=O)[C@H]1CN(C(=O)Nc2ccccc2)CCN1C(=O)c1cncnc1. The van der Waals surface area contributed by atoms with Gasteiger partial charge in [-0.3, -0.25) is 14.4 Å². The van der Waals surface area contributed by atoms with Gasteiger partial charge in [-0.25, -0.2) is 14.8 Å². The Labute approximate surface area is 190 Å². The number of para-hydroxylation sites is 1. The molecule has 2 aromatic rings. The summed E-state index contributed by atoms with van der Waals surface area (Å²) >= 11 is 0. The molecule has 0 radical (unpaired) electrons. The molecule has 33 heavy (non-hydrogen) atoms. The fourth-order valence-corrected chi connectivity index (χ4v) is 3.91. The lowest BCUT2D eigenvalue weighted by Gasteiger charge is -2.41. The molecule has 0 aliphatic carbocycles. The van der Waals surface area contributed by atoms with E-state index in [9.17, 15) is 19.2 Å². The van der Waals surface area contributed by atoms with Gasteiger partial charge in [0.2, 0.25) is 11.8 Å².